The van der Waals surface area contributed by atoms with Crippen molar-refractivity contribution in [1.82, 2.24) is 0 Å². The number of hydrogen-bond acceptors (Lipinski definition) is 2. The first kappa shape index (κ1) is 13.2. The van der Waals surface area contributed by atoms with Crippen LogP contribution in [0.4, 0.5) is 11.4 Å². The quantitative estimate of drug-likeness (QED) is 0.843. The molecule has 3 rings (SSSR count). The van der Waals surface area contributed by atoms with Crippen molar-refractivity contribution >= 4 is 33.2 Å². The van der Waals surface area contributed by atoms with Gasteiger partial charge in [-0.1, -0.05) is 34.1 Å². The van der Waals surface area contributed by atoms with E-state index in [1.807, 2.05) is 48.5 Å². The topological polar surface area (TPSA) is 55.1 Å². The molecule has 3 N–H and O–H groups in total. The fourth-order valence-corrected chi connectivity index (χ4v) is 2.79. The van der Waals surface area contributed by atoms with Crippen LogP contribution in [0.1, 0.15) is 18.4 Å². The van der Waals surface area contributed by atoms with Gasteiger partial charge in [-0.05, 0) is 48.7 Å². The van der Waals surface area contributed by atoms with Crippen LogP contribution in [0.2, 0.25) is 0 Å². The molecule has 0 saturated heterocycles. The monoisotopic (exact) mass is 330 g/mol. The Balaban J connectivity index is 1.81. The minimum Gasteiger partial charge on any atom is -0.399 e. The number of carbonyl (C=O) groups excluding carboxylic acids is 1. The fraction of sp³-hybridized carbons (Fsp3) is 0.188. The molecule has 0 aliphatic heterocycles. The van der Waals surface area contributed by atoms with Gasteiger partial charge in [0.2, 0.25) is 5.91 Å². The lowest BCUT2D eigenvalue weighted by Gasteiger charge is -2.16. The lowest BCUT2D eigenvalue weighted by molar-refractivity contribution is -0.118. The third-order valence-corrected chi connectivity index (χ3v) is 4.22. The summed E-state index contributed by atoms with van der Waals surface area (Å²) in [7, 11) is 0. The molecule has 0 unspecified atom stereocenters. The molecule has 4 heteroatoms. The Labute approximate surface area is 126 Å². The Morgan fingerprint density at radius 3 is 2.45 bits per heavy atom. The number of hydrogen-bond donors (Lipinski definition) is 2. The van der Waals surface area contributed by atoms with E-state index in [0.29, 0.717) is 0 Å². The second-order valence-corrected chi connectivity index (χ2v) is 6.08. The smallest absolute Gasteiger partial charge is 0.235 e. The summed E-state index contributed by atoms with van der Waals surface area (Å²) in [6, 6.07) is 15.2. The van der Waals surface area contributed by atoms with Gasteiger partial charge in [0.05, 0.1) is 5.41 Å². The van der Waals surface area contributed by atoms with Crippen LogP contribution in [-0.2, 0) is 10.2 Å². The molecule has 1 saturated carbocycles. The van der Waals surface area contributed by atoms with E-state index in [9.17, 15) is 4.79 Å². The Bertz CT molecular complexity index is 648. The first-order chi connectivity index (χ1) is 9.60. The average molecular weight is 331 g/mol. The maximum Gasteiger partial charge on any atom is 0.235 e. The molecule has 0 radical (unpaired) electrons. The molecule has 3 nitrogen and oxygen atoms in total. The molecule has 1 fully saturated rings. The summed E-state index contributed by atoms with van der Waals surface area (Å²) in [5, 5.41) is 3.00. The average Bonchev–Trinajstić information content (AvgIpc) is 3.21. The number of benzene rings is 2. The van der Waals surface area contributed by atoms with Gasteiger partial charge < -0.3 is 11.1 Å². The molecule has 0 spiro atoms. The van der Waals surface area contributed by atoms with Crippen molar-refractivity contribution in [3.05, 3.63) is 58.6 Å². The standard InChI is InChI=1S/C16H15BrN2O/c17-12-2-1-3-14(10-12)19-15(20)16(8-9-16)11-4-6-13(18)7-5-11/h1-7,10H,8-9,18H2,(H,19,20). The zero-order chi connectivity index (χ0) is 14.2. The lowest BCUT2D eigenvalue weighted by atomic mass is 9.94. The Kier molecular flexibility index (Phi) is 3.26. The molecule has 0 aromatic heterocycles. The maximum absolute atomic E-state index is 12.5. The van der Waals surface area contributed by atoms with Gasteiger partial charge in [0.25, 0.3) is 0 Å². The minimum absolute atomic E-state index is 0.0559. The maximum atomic E-state index is 12.5. The Hall–Kier alpha value is -1.81. The minimum atomic E-state index is -0.379. The number of halogens is 1. The van der Waals surface area contributed by atoms with Gasteiger partial charge in [-0.2, -0.15) is 0 Å². The Morgan fingerprint density at radius 2 is 1.85 bits per heavy atom. The largest absolute Gasteiger partial charge is 0.399 e. The highest BCUT2D eigenvalue weighted by Crippen LogP contribution is 2.49. The van der Waals surface area contributed by atoms with Crippen LogP contribution in [0.15, 0.2) is 53.0 Å². The summed E-state index contributed by atoms with van der Waals surface area (Å²) in [5.41, 5.74) is 7.89. The van der Waals surface area contributed by atoms with Gasteiger partial charge >= 0.3 is 0 Å². The number of rotatable bonds is 3. The molecule has 0 heterocycles. The van der Waals surface area contributed by atoms with Crippen LogP contribution in [-0.4, -0.2) is 5.91 Å². The van der Waals surface area contributed by atoms with E-state index < -0.39 is 0 Å². The van der Waals surface area contributed by atoms with E-state index in [1.54, 1.807) is 0 Å². The van der Waals surface area contributed by atoms with Gasteiger partial charge in [-0.15, -0.1) is 0 Å². The van der Waals surface area contributed by atoms with Crippen LogP contribution < -0.4 is 11.1 Å². The summed E-state index contributed by atoms with van der Waals surface area (Å²) in [5.74, 6) is 0.0559. The second kappa shape index (κ2) is 4.94. The summed E-state index contributed by atoms with van der Waals surface area (Å²) >= 11 is 3.41. The van der Waals surface area contributed by atoms with E-state index in [-0.39, 0.29) is 11.3 Å². The van der Waals surface area contributed by atoms with Gasteiger partial charge in [0.15, 0.2) is 0 Å². The van der Waals surface area contributed by atoms with Crippen molar-refractivity contribution in [3.8, 4) is 0 Å². The van der Waals surface area contributed by atoms with Crippen molar-refractivity contribution < 1.29 is 4.79 Å². The number of carbonyl (C=O) groups is 1. The Morgan fingerprint density at radius 1 is 1.15 bits per heavy atom. The number of nitrogen functional groups attached to an aromatic ring is 1. The van der Waals surface area contributed by atoms with Crippen molar-refractivity contribution in [2.75, 3.05) is 11.1 Å². The van der Waals surface area contributed by atoms with E-state index in [4.69, 9.17) is 5.73 Å². The summed E-state index contributed by atoms with van der Waals surface area (Å²) in [6.07, 6.45) is 1.77. The number of amides is 1. The molecular formula is C16H15BrN2O. The van der Waals surface area contributed by atoms with Crippen LogP contribution in [0.3, 0.4) is 0 Å². The molecule has 1 amide bonds. The molecular weight excluding hydrogens is 316 g/mol. The number of anilines is 2. The first-order valence-corrected chi connectivity index (χ1v) is 7.32. The highest BCUT2D eigenvalue weighted by Gasteiger charge is 2.51. The van der Waals surface area contributed by atoms with E-state index in [0.717, 1.165) is 34.3 Å². The third-order valence-electron chi connectivity index (χ3n) is 3.73. The van der Waals surface area contributed by atoms with E-state index in [1.165, 1.54) is 0 Å². The number of nitrogens with two attached hydrogens (primary N) is 1. The third kappa shape index (κ3) is 2.43. The molecule has 1 aliphatic carbocycles. The van der Waals surface area contributed by atoms with Gasteiger partial charge in [-0.25, -0.2) is 0 Å². The molecule has 0 atom stereocenters. The number of nitrogens with one attached hydrogen (secondary N) is 1. The van der Waals surface area contributed by atoms with Gasteiger partial charge in [-0.3, -0.25) is 4.79 Å². The van der Waals surface area contributed by atoms with Crippen molar-refractivity contribution in [2.45, 2.75) is 18.3 Å². The first-order valence-electron chi connectivity index (χ1n) is 6.53. The SMILES string of the molecule is Nc1ccc(C2(C(=O)Nc3cccc(Br)c3)CC2)cc1. The highest BCUT2D eigenvalue weighted by atomic mass is 79.9. The van der Waals surface area contributed by atoms with Crippen LogP contribution in [0, 0.1) is 0 Å². The second-order valence-electron chi connectivity index (χ2n) is 5.17. The predicted octanol–water partition coefficient (Wildman–Crippen LogP) is 3.70. The van der Waals surface area contributed by atoms with Crippen molar-refractivity contribution in [3.63, 3.8) is 0 Å². The van der Waals surface area contributed by atoms with Gasteiger partial charge in [0.1, 0.15) is 0 Å². The zero-order valence-electron chi connectivity index (χ0n) is 10.9. The molecule has 102 valence electrons. The summed E-state index contributed by atoms with van der Waals surface area (Å²) in [6.45, 7) is 0. The fourth-order valence-electron chi connectivity index (χ4n) is 2.39. The molecule has 0 bridgehead atoms. The van der Waals surface area contributed by atoms with Crippen LogP contribution >= 0.6 is 15.9 Å². The molecule has 2 aromatic rings. The normalized spacial score (nSPS) is 15.7. The summed E-state index contributed by atoms with van der Waals surface area (Å²) in [4.78, 5) is 12.5. The van der Waals surface area contributed by atoms with E-state index in [2.05, 4.69) is 21.2 Å². The summed E-state index contributed by atoms with van der Waals surface area (Å²) < 4.78 is 0.952. The highest BCUT2D eigenvalue weighted by molar-refractivity contribution is 9.10. The lowest BCUT2D eigenvalue weighted by Crippen LogP contribution is -2.27. The van der Waals surface area contributed by atoms with Crippen LogP contribution in [0.25, 0.3) is 0 Å². The van der Waals surface area contributed by atoms with Crippen molar-refractivity contribution in [1.29, 1.82) is 0 Å². The van der Waals surface area contributed by atoms with Crippen molar-refractivity contribution in [2.24, 2.45) is 0 Å². The van der Waals surface area contributed by atoms with E-state index >= 15 is 0 Å². The van der Waals surface area contributed by atoms with Crippen LogP contribution in [0.5, 0.6) is 0 Å². The molecule has 1 aliphatic rings. The predicted molar refractivity (Wildman–Crippen MR) is 84.5 cm³/mol. The molecule has 20 heavy (non-hydrogen) atoms. The van der Waals surface area contributed by atoms with Gasteiger partial charge in [0, 0.05) is 15.8 Å². The molecule has 2 aromatic carbocycles. The zero-order valence-corrected chi connectivity index (χ0v) is 12.5.